The maximum atomic E-state index is 9.07. The van der Waals surface area contributed by atoms with Crippen molar-refractivity contribution in [2.24, 2.45) is 0 Å². The molecule has 0 saturated heterocycles. The maximum Gasteiger partial charge on any atom is 0.182 e. The lowest BCUT2D eigenvalue weighted by Gasteiger charge is -2.07. The zero-order valence-electron chi connectivity index (χ0n) is 11.5. The van der Waals surface area contributed by atoms with Crippen LogP contribution >= 0.6 is 12.2 Å². The van der Waals surface area contributed by atoms with Crippen molar-refractivity contribution >= 4 is 23.3 Å². The Balaban J connectivity index is 2.24. The minimum atomic E-state index is 0.549. The molecule has 0 radical (unpaired) electrons. The number of rotatable bonds is 3. The van der Waals surface area contributed by atoms with Gasteiger partial charge in [-0.25, -0.2) is 0 Å². The van der Waals surface area contributed by atoms with E-state index < -0.39 is 0 Å². The molecular formula is C16H13N3OS. The van der Waals surface area contributed by atoms with Crippen molar-refractivity contribution in [3.8, 4) is 11.8 Å². The van der Waals surface area contributed by atoms with Crippen molar-refractivity contribution in [2.75, 3.05) is 7.11 Å². The predicted octanol–water partition coefficient (Wildman–Crippen LogP) is 3.71. The largest absolute Gasteiger partial charge is 0.380 e. The molecule has 0 amide bonds. The lowest BCUT2D eigenvalue weighted by atomic mass is 10.2. The van der Waals surface area contributed by atoms with Crippen molar-refractivity contribution in [2.45, 2.75) is 6.61 Å². The first-order valence-electron chi connectivity index (χ1n) is 6.46. The first kappa shape index (κ1) is 13.6. The van der Waals surface area contributed by atoms with E-state index in [4.69, 9.17) is 22.2 Å². The average molecular weight is 295 g/mol. The molecule has 3 rings (SSSR count). The number of ether oxygens (including phenoxy) is 1. The number of nitrogens with zero attached hydrogens (tertiary/aromatic N) is 2. The molecule has 1 N–H and O–H groups in total. The van der Waals surface area contributed by atoms with Gasteiger partial charge in [0.1, 0.15) is 0 Å². The summed E-state index contributed by atoms with van der Waals surface area (Å²) in [6, 6.07) is 15.6. The summed E-state index contributed by atoms with van der Waals surface area (Å²) in [5.74, 6) is 0. The zero-order valence-corrected chi connectivity index (χ0v) is 12.3. The van der Waals surface area contributed by atoms with Gasteiger partial charge in [0.05, 0.1) is 29.3 Å². The van der Waals surface area contributed by atoms with Crippen LogP contribution in [-0.2, 0) is 11.3 Å². The number of benzene rings is 2. The van der Waals surface area contributed by atoms with E-state index in [1.165, 1.54) is 0 Å². The Kier molecular flexibility index (Phi) is 3.57. The van der Waals surface area contributed by atoms with Gasteiger partial charge in [0.25, 0.3) is 0 Å². The predicted molar refractivity (Wildman–Crippen MR) is 83.9 cm³/mol. The van der Waals surface area contributed by atoms with E-state index in [0.717, 1.165) is 22.3 Å². The number of fused-ring (bicyclic) bond motifs is 1. The molecule has 21 heavy (non-hydrogen) atoms. The first-order chi connectivity index (χ1) is 10.2. The molecule has 0 aliphatic carbocycles. The molecule has 1 aromatic heterocycles. The van der Waals surface area contributed by atoms with E-state index in [2.05, 4.69) is 11.1 Å². The van der Waals surface area contributed by atoms with Crippen LogP contribution in [0.25, 0.3) is 16.7 Å². The quantitative estimate of drug-likeness (QED) is 0.749. The lowest BCUT2D eigenvalue weighted by molar-refractivity contribution is 0.185. The molecule has 0 unspecified atom stereocenters. The summed E-state index contributed by atoms with van der Waals surface area (Å²) in [5.41, 5.74) is 4.45. The number of nitrogens with one attached hydrogen (secondary N) is 1. The number of hydrogen-bond donors (Lipinski definition) is 1. The number of nitriles is 1. The third-order valence-corrected chi connectivity index (χ3v) is 3.58. The van der Waals surface area contributed by atoms with Gasteiger partial charge >= 0.3 is 0 Å². The van der Waals surface area contributed by atoms with E-state index in [1.807, 2.05) is 41.0 Å². The average Bonchev–Trinajstić information content (AvgIpc) is 2.82. The van der Waals surface area contributed by atoms with Crippen LogP contribution in [0.2, 0.25) is 0 Å². The number of H-pyrrole nitrogens is 1. The monoisotopic (exact) mass is 295 g/mol. The molecule has 0 saturated carbocycles. The molecule has 4 nitrogen and oxygen atoms in total. The standard InChI is InChI=1S/C16H13N3OS/c1-20-10-12-3-2-4-13(7-12)19-15-8-11(9-17)5-6-14(15)18-16(19)21/h2-8H,10H2,1H3,(H,18,21). The second-order valence-corrected chi connectivity index (χ2v) is 5.10. The molecule has 3 aromatic rings. The summed E-state index contributed by atoms with van der Waals surface area (Å²) in [6.07, 6.45) is 0. The SMILES string of the molecule is COCc1cccc(-n2c(=S)[nH]c3ccc(C#N)cc32)c1. The Morgan fingerprint density at radius 3 is 2.90 bits per heavy atom. The molecule has 0 fully saturated rings. The van der Waals surface area contributed by atoms with Crippen molar-refractivity contribution in [3.63, 3.8) is 0 Å². The topological polar surface area (TPSA) is 53.7 Å². The molecule has 0 bridgehead atoms. The van der Waals surface area contributed by atoms with Crippen molar-refractivity contribution in [1.82, 2.24) is 9.55 Å². The van der Waals surface area contributed by atoms with Gasteiger partial charge in [0, 0.05) is 12.8 Å². The Hall–Kier alpha value is -2.42. The van der Waals surface area contributed by atoms with E-state index in [-0.39, 0.29) is 0 Å². The Morgan fingerprint density at radius 2 is 2.14 bits per heavy atom. The zero-order chi connectivity index (χ0) is 14.8. The number of methoxy groups -OCH3 is 1. The molecule has 1 heterocycles. The van der Waals surface area contributed by atoms with Crippen molar-refractivity contribution in [3.05, 3.63) is 58.4 Å². The number of aromatic nitrogens is 2. The van der Waals surface area contributed by atoms with E-state index >= 15 is 0 Å². The fourth-order valence-electron chi connectivity index (χ4n) is 2.38. The molecule has 0 atom stereocenters. The number of imidazole rings is 1. The molecule has 2 aromatic carbocycles. The molecule has 0 spiro atoms. The minimum absolute atomic E-state index is 0.549. The van der Waals surface area contributed by atoms with E-state index in [0.29, 0.717) is 16.9 Å². The molecular weight excluding hydrogens is 282 g/mol. The van der Waals surface area contributed by atoms with Gasteiger partial charge in [-0.05, 0) is 48.1 Å². The van der Waals surface area contributed by atoms with Crippen LogP contribution in [0.5, 0.6) is 0 Å². The highest BCUT2D eigenvalue weighted by Gasteiger charge is 2.08. The smallest absolute Gasteiger partial charge is 0.182 e. The minimum Gasteiger partial charge on any atom is -0.380 e. The van der Waals surface area contributed by atoms with Gasteiger partial charge in [-0.15, -0.1) is 0 Å². The Bertz CT molecular complexity index is 902. The van der Waals surface area contributed by atoms with Gasteiger partial charge in [0.15, 0.2) is 4.77 Å². The van der Waals surface area contributed by atoms with E-state index in [9.17, 15) is 0 Å². The molecule has 5 heteroatoms. The fourth-order valence-corrected chi connectivity index (χ4v) is 2.69. The second kappa shape index (κ2) is 5.52. The second-order valence-electron chi connectivity index (χ2n) is 4.71. The third-order valence-electron chi connectivity index (χ3n) is 3.29. The van der Waals surface area contributed by atoms with Crippen molar-refractivity contribution < 1.29 is 4.74 Å². The Morgan fingerprint density at radius 1 is 1.29 bits per heavy atom. The normalized spacial score (nSPS) is 10.7. The van der Waals surface area contributed by atoms with Gasteiger partial charge in [-0.2, -0.15) is 5.26 Å². The molecule has 0 aliphatic heterocycles. The highest BCUT2D eigenvalue weighted by molar-refractivity contribution is 7.71. The highest BCUT2D eigenvalue weighted by Crippen LogP contribution is 2.21. The first-order valence-corrected chi connectivity index (χ1v) is 6.87. The van der Waals surface area contributed by atoms with E-state index in [1.54, 1.807) is 13.2 Å². The third kappa shape index (κ3) is 2.47. The fraction of sp³-hybridized carbons (Fsp3) is 0.125. The van der Waals surface area contributed by atoms with Crippen LogP contribution in [0.3, 0.4) is 0 Å². The summed E-state index contributed by atoms with van der Waals surface area (Å²) >= 11 is 5.42. The van der Waals surface area contributed by atoms with Crippen LogP contribution in [0.1, 0.15) is 11.1 Å². The highest BCUT2D eigenvalue weighted by atomic mass is 32.1. The van der Waals surface area contributed by atoms with Crippen LogP contribution in [0.4, 0.5) is 0 Å². The molecule has 0 aliphatic rings. The number of hydrogen-bond acceptors (Lipinski definition) is 3. The van der Waals surface area contributed by atoms with Gasteiger partial charge in [-0.1, -0.05) is 12.1 Å². The van der Waals surface area contributed by atoms with Gasteiger partial charge in [-0.3, -0.25) is 4.57 Å². The van der Waals surface area contributed by atoms with Crippen LogP contribution in [0.15, 0.2) is 42.5 Å². The number of aromatic amines is 1. The maximum absolute atomic E-state index is 9.07. The summed E-state index contributed by atoms with van der Waals surface area (Å²) in [6.45, 7) is 0.549. The van der Waals surface area contributed by atoms with Gasteiger partial charge in [0.2, 0.25) is 0 Å². The van der Waals surface area contributed by atoms with Crippen LogP contribution in [-0.4, -0.2) is 16.7 Å². The molecule has 104 valence electrons. The van der Waals surface area contributed by atoms with Gasteiger partial charge < -0.3 is 9.72 Å². The summed E-state index contributed by atoms with van der Waals surface area (Å²) in [4.78, 5) is 3.17. The van der Waals surface area contributed by atoms with Crippen LogP contribution in [0, 0.1) is 16.1 Å². The lowest BCUT2D eigenvalue weighted by Crippen LogP contribution is -1.96. The summed E-state index contributed by atoms with van der Waals surface area (Å²) < 4.78 is 7.71. The van der Waals surface area contributed by atoms with Crippen molar-refractivity contribution in [1.29, 1.82) is 5.26 Å². The summed E-state index contributed by atoms with van der Waals surface area (Å²) in [5, 5.41) is 9.07. The summed E-state index contributed by atoms with van der Waals surface area (Å²) in [7, 11) is 1.67. The Labute approximate surface area is 127 Å². The van der Waals surface area contributed by atoms with Crippen LogP contribution < -0.4 is 0 Å².